The molecule has 0 atom stereocenters. The molecule has 26 heavy (non-hydrogen) atoms. The Morgan fingerprint density at radius 2 is 1.85 bits per heavy atom. The Kier molecular flexibility index (Phi) is 4.80. The molecule has 0 radical (unpaired) electrons. The van der Waals surface area contributed by atoms with E-state index in [1.807, 2.05) is 31.2 Å². The summed E-state index contributed by atoms with van der Waals surface area (Å²) in [6.07, 6.45) is 1.93. The smallest absolute Gasteiger partial charge is 0.295 e. The van der Waals surface area contributed by atoms with Gasteiger partial charge in [0.25, 0.3) is 6.01 Å². The van der Waals surface area contributed by atoms with E-state index in [9.17, 15) is 0 Å². The largest absolute Gasteiger partial charge is 0.494 e. The van der Waals surface area contributed by atoms with Crippen molar-refractivity contribution in [2.75, 3.05) is 31.7 Å². The molecule has 1 aliphatic rings. The first kappa shape index (κ1) is 16.9. The molecule has 0 unspecified atom stereocenters. The Morgan fingerprint density at radius 1 is 1.08 bits per heavy atom. The van der Waals surface area contributed by atoms with Gasteiger partial charge in [0.1, 0.15) is 11.3 Å². The summed E-state index contributed by atoms with van der Waals surface area (Å²) in [5, 5.41) is 3.42. The Morgan fingerprint density at radius 3 is 2.58 bits per heavy atom. The molecule has 2 aromatic carbocycles. The Bertz CT molecular complexity index is 818. The summed E-state index contributed by atoms with van der Waals surface area (Å²) in [6, 6.07) is 16.8. The van der Waals surface area contributed by atoms with Crippen molar-refractivity contribution in [3.63, 3.8) is 0 Å². The van der Waals surface area contributed by atoms with E-state index < -0.39 is 0 Å². The van der Waals surface area contributed by atoms with Gasteiger partial charge in [0.05, 0.1) is 6.61 Å². The highest BCUT2D eigenvalue weighted by Gasteiger charge is 2.34. The van der Waals surface area contributed by atoms with E-state index in [0.717, 1.165) is 49.4 Å². The quantitative estimate of drug-likeness (QED) is 0.713. The van der Waals surface area contributed by atoms with Crippen LogP contribution in [-0.2, 0) is 10.2 Å². The molecule has 0 amide bonds. The summed E-state index contributed by atoms with van der Waals surface area (Å²) in [5.41, 5.74) is 2.98. The maximum absolute atomic E-state index is 5.82. The minimum absolute atomic E-state index is 0.00362. The zero-order chi connectivity index (χ0) is 17.8. The lowest BCUT2D eigenvalue weighted by atomic mass is 9.74. The topological polar surface area (TPSA) is 56.5 Å². The number of rotatable bonds is 6. The summed E-state index contributed by atoms with van der Waals surface area (Å²) in [6.45, 7) is 4.97. The zero-order valence-corrected chi connectivity index (χ0v) is 15.0. The lowest BCUT2D eigenvalue weighted by molar-refractivity contribution is 0.0542. The van der Waals surface area contributed by atoms with E-state index in [1.54, 1.807) is 0 Å². The molecule has 1 aliphatic heterocycles. The summed E-state index contributed by atoms with van der Waals surface area (Å²) in [5.74, 6) is 0.908. The van der Waals surface area contributed by atoms with Crippen LogP contribution in [0.3, 0.4) is 0 Å². The molecule has 1 aromatic heterocycles. The molecule has 136 valence electrons. The highest BCUT2D eigenvalue weighted by atomic mass is 16.5. The zero-order valence-electron chi connectivity index (χ0n) is 15.0. The van der Waals surface area contributed by atoms with Crippen molar-refractivity contribution >= 4 is 17.1 Å². The fourth-order valence-corrected chi connectivity index (χ4v) is 3.59. The van der Waals surface area contributed by atoms with Gasteiger partial charge in [-0.1, -0.05) is 24.3 Å². The number of hydrogen-bond donors (Lipinski definition) is 1. The maximum atomic E-state index is 5.82. The van der Waals surface area contributed by atoms with Crippen molar-refractivity contribution in [3.8, 4) is 5.75 Å². The molecule has 0 saturated carbocycles. The molecule has 3 aromatic rings. The van der Waals surface area contributed by atoms with Crippen LogP contribution in [0.15, 0.2) is 52.9 Å². The van der Waals surface area contributed by atoms with E-state index in [0.29, 0.717) is 12.6 Å². The highest BCUT2D eigenvalue weighted by Crippen LogP contribution is 2.36. The number of para-hydroxylation sites is 2. The normalized spacial score (nSPS) is 16.5. The van der Waals surface area contributed by atoms with Crippen LogP contribution in [0.2, 0.25) is 0 Å². The summed E-state index contributed by atoms with van der Waals surface area (Å²) in [7, 11) is 0. The fraction of sp³-hybridized carbons (Fsp3) is 0.381. The van der Waals surface area contributed by atoms with Crippen molar-refractivity contribution < 1.29 is 13.9 Å². The molecule has 0 aliphatic carbocycles. The Hall–Kier alpha value is -2.53. The molecular weight excluding hydrogens is 328 g/mol. The number of nitrogens with one attached hydrogen (secondary N) is 1. The third-order valence-corrected chi connectivity index (χ3v) is 5.10. The lowest BCUT2D eigenvalue weighted by Gasteiger charge is -2.37. The second kappa shape index (κ2) is 7.38. The third-order valence-electron chi connectivity index (χ3n) is 5.10. The van der Waals surface area contributed by atoms with E-state index in [-0.39, 0.29) is 5.41 Å². The average Bonchev–Trinajstić information content (AvgIpc) is 3.11. The van der Waals surface area contributed by atoms with E-state index in [2.05, 4.69) is 34.6 Å². The van der Waals surface area contributed by atoms with Crippen molar-refractivity contribution in [1.29, 1.82) is 0 Å². The number of aromatic nitrogens is 1. The van der Waals surface area contributed by atoms with Crippen LogP contribution in [0.4, 0.5) is 6.01 Å². The molecular formula is C21H24N2O3. The van der Waals surface area contributed by atoms with Crippen molar-refractivity contribution in [2.24, 2.45) is 0 Å². The molecule has 5 nitrogen and oxygen atoms in total. The molecule has 1 saturated heterocycles. The minimum Gasteiger partial charge on any atom is -0.494 e. The summed E-state index contributed by atoms with van der Waals surface area (Å²) < 4.78 is 17.0. The van der Waals surface area contributed by atoms with Crippen LogP contribution in [0.25, 0.3) is 11.1 Å². The Labute approximate surface area is 153 Å². The SMILES string of the molecule is CCOc1ccc(C2(CNc3nc4ccccc4o3)CCOCC2)cc1. The number of nitrogens with zero attached hydrogens (tertiary/aromatic N) is 1. The van der Waals surface area contributed by atoms with Gasteiger partial charge < -0.3 is 19.2 Å². The molecule has 2 heterocycles. The van der Waals surface area contributed by atoms with Gasteiger partial charge in [0, 0.05) is 25.2 Å². The van der Waals surface area contributed by atoms with Crippen LogP contribution in [-0.4, -0.2) is 31.3 Å². The van der Waals surface area contributed by atoms with Crippen LogP contribution < -0.4 is 10.1 Å². The second-order valence-corrected chi connectivity index (χ2v) is 6.69. The predicted molar refractivity (Wildman–Crippen MR) is 102 cm³/mol. The number of hydrogen-bond acceptors (Lipinski definition) is 5. The van der Waals surface area contributed by atoms with Gasteiger partial charge >= 0.3 is 0 Å². The molecule has 0 spiro atoms. The highest BCUT2D eigenvalue weighted by molar-refractivity contribution is 5.74. The van der Waals surface area contributed by atoms with Gasteiger partial charge in [-0.25, -0.2) is 0 Å². The van der Waals surface area contributed by atoms with Gasteiger partial charge in [-0.05, 0) is 49.6 Å². The van der Waals surface area contributed by atoms with Gasteiger partial charge in [0.2, 0.25) is 0 Å². The molecule has 1 N–H and O–H groups in total. The Balaban J connectivity index is 1.55. The van der Waals surface area contributed by atoms with Gasteiger partial charge in [0.15, 0.2) is 5.58 Å². The third kappa shape index (κ3) is 3.40. The van der Waals surface area contributed by atoms with Crippen molar-refractivity contribution in [3.05, 3.63) is 54.1 Å². The van der Waals surface area contributed by atoms with Crippen LogP contribution in [0.1, 0.15) is 25.3 Å². The van der Waals surface area contributed by atoms with Crippen LogP contribution in [0, 0.1) is 0 Å². The van der Waals surface area contributed by atoms with Crippen molar-refractivity contribution in [2.45, 2.75) is 25.2 Å². The van der Waals surface area contributed by atoms with Gasteiger partial charge in [-0.3, -0.25) is 0 Å². The molecule has 0 bridgehead atoms. The fourth-order valence-electron chi connectivity index (χ4n) is 3.59. The predicted octanol–water partition coefficient (Wildman–Crippen LogP) is 4.39. The van der Waals surface area contributed by atoms with Crippen molar-refractivity contribution in [1.82, 2.24) is 4.98 Å². The number of oxazole rings is 1. The van der Waals surface area contributed by atoms with E-state index >= 15 is 0 Å². The summed E-state index contributed by atoms with van der Waals surface area (Å²) >= 11 is 0. The first-order valence-electron chi connectivity index (χ1n) is 9.20. The standard InChI is InChI=1S/C21H24N2O3/c1-2-25-17-9-7-16(8-10-17)21(11-13-24-14-12-21)15-22-20-23-18-5-3-4-6-19(18)26-20/h3-10H,2,11-15H2,1H3,(H,22,23). The molecule has 4 rings (SSSR count). The first-order valence-corrected chi connectivity index (χ1v) is 9.20. The number of benzene rings is 2. The molecule has 5 heteroatoms. The monoisotopic (exact) mass is 352 g/mol. The van der Waals surface area contributed by atoms with Crippen LogP contribution in [0.5, 0.6) is 5.75 Å². The van der Waals surface area contributed by atoms with Gasteiger partial charge in [-0.2, -0.15) is 4.98 Å². The number of anilines is 1. The first-order chi connectivity index (χ1) is 12.8. The maximum Gasteiger partial charge on any atom is 0.295 e. The second-order valence-electron chi connectivity index (χ2n) is 6.69. The molecule has 1 fully saturated rings. The average molecular weight is 352 g/mol. The summed E-state index contributed by atoms with van der Waals surface area (Å²) in [4.78, 5) is 4.53. The number of ether oxygens (including phenoxy) is 2. The lowest BCUT2D eigenvalue weighted by Crippen LogP contribution is -2.40. The van der Waals surface area contributed by atoms with Gasteiger partial charge in [-0.15, -0.1) is 0 Å². The minimum atomic E-state index is 0.00362. The van der Waals surface area contributed by atoms with E-state index in [1.165, 1.54) is 5.56 Å². The van der Waals surface area contributed by atoms with E-state index in [4.69, 9.17) is 13.9 Å². The number of fused-ring (bicyclic) bond motifs is 1. The van der Waals surface area contributed by atoms with Crippen LogP contribution >= 0.6 is 0 Å².